The van der Waals surface area contributed by atoms with Crippen molar-refractivity contribution in [3.63, 3.8) is 0 Å². The van der Waals surface area contributed by atoms with Crippen LogP contribution in [0.3, 0.4) is 0 Å². The first-order valence-corrected chi connectivity index (χ1v) is 6.56. The summed E-state index contributed by atoms with van der Waals surface area (Å²) in [4.78, 5) is 21.5. The van der Waals surface area contributed by atoms with E-state index in [0.29, 0.717) is 5.92 Å². The summed E-state index contributed by atoms with van der Waals surface area (Å²) in [6, 6.07) is -0.848. The molecule has 3 N–H and O–H groups in total. The molecule has 5 nitrogen and oxygen atoms in total. The van der Waals surface area contributed by atoms with Crippen LogP contribution in [0.25, 0.3) is 0 Å². The highest BCUT2D eigenvalue weighted by Gasteiger charge is 2.17. The van der Waals surface area contributed by atoms with Gasteiger partial charge in [0.15, 0.2) is 0 Å². The molecule has 0 heterocycles. The third-order valence-corrected chi connectivity index (χ3v) is 2.87. The molecule has 0 fully saturated rings. The number of thioether (sulfide) groups is 1. The van der Waals surface area contributed by atoms with Crippen LogP contribution in [-0.2, 0) is 9.59 Å². The molecular weight excluding hydrogens is 228 g/mol. The van der Waals surface area contributed by atoms with Gasteiger partial charge in [0.2, 0.25) is 5.91 Å². The Morgan fingerprint density at radius 2 is 2.00 bits per heavy atom. The topological polar surface area (TPSA) is 78.4 Å². The van der Waals surface area contributed by atoms with Crippen molar-refractivity contribution in [3.8, 4) is 0 Å². The molecule has 1 amide bonds. The molecule has 2 unspecified atom stereocenters. The van der Waals surface area contributed by atoms with Crippen molar-refractivity contribution >= 4 is 23.6 Å². The van der Waals surface area contributed by atoms with Crippen molar-refractivity contribution in [2.45, 2.75) is 19.9 Å². The third-order valence-electron chi connectivity index (χ3n) is 1.97. The van der Waals surface area contributed by atoms with E-state index in [4.69, 9.17) is 5.11 Å². The molecule has 0 spiro atoms. The van der Waals surface area contributed by atoms with E-state index in [1.165, 1.54) is 6.92 Å². The maximum absolute atomic E-state index is 10.8. The van der Waals surface area contributed by atoms with E-state index in [9.17, 15) is 9.59 Å². The van der Waals surface area contributed by atoms with Gasteiger partial charge in [0.1, 0.15) is 6.04 Å². The quantitative estimate of drug-likeness (QED) is 0.570. The summed E-state index contributed by atoms with van der Waals surface area (Å²) >= 11 is 1.76. The van der Waals surface area contributed by atoms with Crippen LogP contribution in [0.15, 0.2) is 0 Å². The maximum Gasteiger partial charge on any atom is 0.327 e. The zero-order valence-electron chi connectivity index (χ0n) is 9.95. The average Bonchev–Trinajstić information content (AvgIpc) is 2.15. The molecule has 0 radical (unpaired) electrons. The predicted molar refractivity (Wildman–Crippen MR) is 65.7 cm³/mol. The number of aliphatic carboxylic acids is 1. The van der Waals surface area contributed by atoms with Gasteiger partial charge in [-0.25, -0.2) is 4.79 Å². The molecule has 6 heteroatoms. The summed E-state index contributed by atoms with van der Waals surface area (Å²) in [6.07, 6.45) is 2.04. The monoisotopic (exact) mass is 248 g/mol. The highest BCUT2D eigenvalue weighted by atomic mass is 32.2. The number of carboxylic acid groups (broad SMARTS) is 1. The van der Waals surface area contributed by atoms with Crippen LogP contribution in [0.1, 0.15) is 13.8 Å². The van der Waals surface area contributed by atoms with Gasteiger partial charge in [-0.2, -0.15) is 11.8 Å². The van der Waals surface area contributed by atoms with Crippen molar-refractivity contribution < 1.29 is 14.7 Å². The summed E-state index contributed by atoms with van der Waals surface area (Å²) < 4.78 is 0. The molecule has 0 bridgehead atoms. The van der Waals surface area contributed by atoms with Crippen LogP contribution in [0.2, 0.25) is 0 Å². The lowest BCUT2D eigenvalue weighted by Gasteiger charge is -2.16. The van der Waals surface area contributed by atoms with E-state index < -0.39 is 12.0 Å². The van der Waals surface area contributed by atoms with Crippen LogP contribution < -0.4 is 10.6 Å². The van der Waals surface area contributed by atoms with Gasteiger partial charge in [-0.15, -0.1) is 0 Å². The van der Waals surface area contributed by atoms with Gasteiger partial charge in [-0.3, -0.25) is 4.79 Å². The number of amides is 1. The minimum absolute atomic E-state index is 0.258. The van der Waals surface area contributed by atoms with E-state index >= 15 is 0 Å². The number of hydrogen-bond donors (Lipinski definition) is 3. The summed E-state index contributed by atoms with van der Waals surface area (Å²) in [5.41, 5.74) is 0. The molecular formula is C10H20N2O3S. The molecule has 2 atom stereocenters. The number of carbonyl (C=O) groups excluding carboxylic acids is 1. The molecule has 0 aromatic rings. The van der Waals surface area contributed by atoms with Crippen LogP contribution in [-0.4, -0.2) is 48.1 Å². The highest BCUT2D eigenvalue weighted by Crippen LogP contribution is 2.02. The fourth-order valence-corrected chi connectivity index (χ4v) is 1.95. The molecule has 0 saturated carbocycles. The fraction of sp³-hybridized carbons (Fsp3) is 0.800. The van der Waals surface area contributed by atoms with Crippen molar-refractivity contribution in [2.75, 3.05) is 25.1 Å². The van der Waals surface area contributed by atoms with Crippen LogP contribution in [0.5, 0.6) is 0 Å². The lowest BCUT2D eigenvalue weighted by atomic mass is 10.2. The normalized spacial score (nSPS) is 14.2. The molecule has 0 rings (SSSR count). The standard InChI is InChI=1S/C10H20N2O3S/c1-7(6-16-3)4-11-5-9(10(14)15)12-8(2)13/h7,9,11H,4-6H2,1-3H3,(H,12,13)(H,14,15). The Balaban J connectivity index is 3.84. The third kappa shape index (κ3) is 7.53. The fourth-order valence-electron chi connectivity index (χ4n) is 1.26. The molecule has 0 saturated heterocycles. The summed E-state index contributed by atoms with van der Waals surface area (Å²) in [6.45, 7) is 4.42. The minimum atomic E-state index is -1.01. The van der Waals surface area contributed by atoms with Crippen molar-refractivity contribution in [2.24, 2.45) is 5.92 Å². The first-order valence-electron chi connectivity index (χ1n) is 5.17. The average molecular weight is 248 g/mol. The van der Waals surface area contributed by atoms with Crippen LogP contribution >= 0.6 is 11.8 Å². The minimum Gasteiger partial charge on any atom is -0.480 e. The van der Waals surface area contributed by atoms with Crippen molar-refractivity contribution in [1.29, 1.82) is 0 Å². The Kier molecular flexibility index (Phi) is 8.01. The summed E-state index contributed by atoms with van der Waals surface area (Å²) in [5, 5.41) is 14.3. The van der Waals surface area contributed by atoms with Crippen molar-refractivity contribution in [1.82, 2.24) is 10.6 Å². The summed E-state index contributed by atoms with van der Waals surface area (Å²) in [5.74, 6) is 0.179. The highest BCUT2D eigenvalue weighted by molar-refractivity contribution is 7.98. The Hall–Kier alpha value is -0.750. The van der Waals surface area contributed by atoms with Crippen molar-refractivity contribution in [3.05, 3.63) is 0 Å². The smallest absolute Gasteiger partial charge is 0.327 e. The zero-order chi connectivity index (χ0) is 12.6. The molecule has 0 aliphatic heterocycles. The van der Waals surface area contributed by atoms with Gasteiger partial charge in [-0.1, -0.05) is 6.92 Å². The first kappa shape index (κ1) is 15.2. The van der Waals surface area contributed by atoms with Crippen LogP contribution in [0.4, 0.5) is 0 Å². The molecule has 0 aliphatic rings. The number of carboxylic acids is 1. The van der Waals surface area contributed by atoms with Gasteiger partial charge in [0, 0.05) is 13.5 Å². The van der Waals surface area contributed by atoms with E-state index in [2.05, 4.69) is 17.6 Å². The van der Waals surface area contributed by atoms with E-state index in [0.717, 1.165) is 12.3 Å². The van der Waals surface area contributed by atoms with E-state index in [-0.39, 0.29) is 12.5 Å². The maximum atomic E-state index is 10.8. The Bertz CT molecular complexity index is 236. The van der Waals surface area contributed by atoms with E-state index in [1.54, 1.807) is 11.8 Å². The van der Waals surface area contributed by atoms with Gasteiger partial charge in [-0.05, 0) is 24.5 Å². The SMILES string of the molecule is CSCC(C)CNCC(NC(C)=O)C(=O)O. The van der Waals surface area contributed by atoms with Gasteiger partial charge < -0.3 is 15.7 Å². The number of carbonyl (C=O) groups is 2. The van der Waals surface area contributed by atoms with Crippen LogP contribution in [0, 0.1) is 5.92 Å². The Morgan fingerprint density at radius 1 is 1.38 bits per heavy atom. The summed E-state index contributed by atoms with van der Waals surface area (Å²) in [7, 11) is 0. The zero-order valence-corrected chi connectivity index (χ0v) is 10.8. The number of nitrogens with one attached hydrogen (secondary N) is 2. The van der Waals surface area contributed by atoms with Gasteiger partial charge in [0.25, 0.3) is 0 Å². The predicted octanol–water partition coefficient (Wildman–Crippen LogP) is 0.164. The number of hydrogen-bond acceptors (Lipinski definition) is 4. The number of rotatable bonds is 8. The Morgan fingerprint density at radius 3 is 2.44 bits per heavy atom. The molecule has 16 heavy (non-hydrogen) atoms. The van der Waals surface area contributed by atoms with Gasteiger partial charge >= 0.3 is 5.97 Å². The molecule has 94 valence electrons. The lowest BCUT2D eigenvalue weighted by Crippen LogP contribution is -2.47. The second-order valence-corrected chi connectivity index (χ2v) is 4.72. The second-order valence-electron chi connectivity index (χ2n) is 3.81. The molecule has 0 aliphatic carbocycles. The largest absolute Gasteiger partial charge is 0.480 e. The lowest BCUT2D eigenvalue weighted by molar-refractivity contribution is -0.141. The molecule has 0 aromatic carbocycles. The van der Waals surface area contributed by atoms with Gasteiger partial charge in [0.05, 0.1) is 0 Å². The van der Waals surface area contributed by atoms with E-state index in [1.807, 2.05) is 6.26 Å². The Labute approximate surface area is 100 Å². The second kappa shape index (κ2) is 8.41. The molecule has 0 aromatic heterocycles. The first-order chi connectivity index (χ1) is 7.47.